The third kappa shape index (κ3) is 2.21. The van der Waals surface area contributed by atoms with E-state index in [1.807, 2.05) is 18.2 Å². The summed E-state index contributed by atoms with van der Waals surface area (Å²) in [4.78, 5) is 2.57. The Morgan fingerprint density at radius 1 is 1.33 bits per heavy atom. The van der Waals surface area contributed by atoms with E-state index >= 15 is 0 Å². The zero-order valence-electron chi connectivity index (χ0n) is 12.7. The molecule has 0 radical (unpaired) electrons. The van der Waals surface area contributed by atoms with Crippen LogP contribution in [0.4, 0.5) is 0 Å². The van der Waals surface area contributed by atoms with Crippen LogP contribution in [0.3, 0.4) is 0 Å². The van der Waals surface area contributed by atoms with Gasteiger partial charge >= 0.3 is 0 Å². The quantitative estimate of drug-likeness (QED) is 0.908. The standard InChI is InChI=1S/C17H23NO3/c1-11-8-17(10-18(11)12-3-4-12)9-15(19)14-6-5-13(20-2)7-16(14)21-17/h5-7,11-12,15,19H,3-4,8-10H2,1-2H3/t11?,15-,17?/m1/s1. The molecule has 4 rings (SSSR count). The molecule has 1 saturated heterocycles. The van der Waals surface area contributed by atoms with E-state index in [0.717, 1.165) is 36.1 Å². The van der Waals surface area contributed by atoms with Gasteiger partial charge < -0.3 is 14.6 Å². The molecule has 2 aliphatic heterocycles. The Morgan fingerprint density at radius 3 is 2.86 bits per heavy atom. The summed E-state index contributed by atoms with van der Waals surface area (Å²) in [5.41, 5.74) is 0.653. The molecular weight excluding hydrogens is 266 g/mol. The Kier molecular flexibility index (Phi) is 2.95. The fourth-order valence-electron chi connectivity index (χ4n) is 4.07. The maximum absolute atomic E-state index is 10.5. The summed E-state index contributed by atoms with van der Waals surface area (Å²) in [5, 5.41) is 10.5. The molecule has 3 atom stereocenters. The lowest BCUT2D eigenvalue weighted by Crippen LogP contribution is -2.44. The molecule has 2 unspecified atom stereocenters. The molecule has 3 aliphatic rings. The number of fused-ring (bicyclic) bond motifs is 1. The number of methoxy groups -OCH3 is 1. The second-order valence-electron chi connectivity index (χ2n) is 6.87. The highest BCUT2D eigenvalue weighted by molar-refractivity contribution is 5.44. The second-order valence-corrected chi connectivity index (χ2v) is 6.87. The highest BCUT2D eigenvalue weighted by Gasteiger charge is 2.51. The van der Waals surface area contributed by atoms with E-state index in [9.17, 15) is 5.11 Å². The largest absolute Gasteiger partial charge is 0.497 e. The highest BCUT2D eigenvalue weighted by atomic mass is 16.5. The van der Waals surface area contributed by atoms with Gasteiger partial charge in [0.1, 0.15) is 17.1 Å². The van der Waals surface area contributed by atoms with Crippen LogP contribution in [0, 0.1) is 0 Å². The van der Waals surface area contributed by atoms with E-state index in [2.05, 4.69) is 11.8 Å². The van der Waals surface area contributed by atoms with Crippen LogP contribution in [0.2, 0.25) is 0 Å². The first kappa shape index (κ1) is 13.4. The number of hydrogen-bond donors (Lipinski definition) is 1. The molecule has 4 heteroatoms. The molecule has 0 bridgehead atoms. The van der Waals surface area contributed by atoms with E-state index in [-0.39, 0.29) is 5.60 Å². The van der Waals surface area contributed by atoms with E-state index < -0.39 is 6.10 Å². The molecule has 1 spiro atoms. The third-order valence-electron chi connectivity index (χ3n) is 5.19. The molecule has 1 aromatic carbocycles. The number of ether oxygens (including phenoxy) is 2. The Morgan fingerprint density at radius 2 is 2.14 bits per heavy atom. The van der Waals surface area contributed by atoms with Gasteiger partial charge in [0.2, 0.25) is 0 Å². The summed E-state index contributed by atoms with van der Waals surface area (Å²) >= 11 is 0. The first-order valence-corrected chi connectivity index (χ1v) is 7.91. The van der Waals surface area contributed by atoms with Crippen molar-refractivity contribution in [3.05, 3.63) is 23.8 Å². The van der Waals surface area contributed by atoms with Crippen molar-refractivity contribution >= 4 is 0 Å². The van der Waals surface area contributed by atoms with Gasteiger partial charge in [-0.2, -0.15) is 0 Å². The van der Waals surface area contributed by atoms with Gasteiger partial charge in [-0.25, -0.2) is 0 Å². The second kappa shape index (κ2) is 4.62. The number of rotatable bonds is 2. The SMILES string of the molecule is COc1ccc2c(c1)OC1(CC(C)N(C3CC3)C1)C[C@H]2O. The Balaban J connectivity index is 1.64. The van der Waals surface area contributed by atoms with Crippen LogP contribution >= 0.6 is 0 Å². The van der Waals surface area contributed by atoms with Crippen LogP contribution in [0.5, 0.6) is 11.5 Å². The molecule has 1 aliphatic carbocycles. The summed E-state index contributed by atoms with van der Waals surface area (Å²) in [5.74, 6) is 1.57. The number of likely N-dealkylation sites (tertiary alicyclic amines) is 1. The molecule has 0 amide bonds. The van der Waals surface area contributed by atoms with Crippen LogP contribution in [0.15, 0.2) is 18.2 Å². The minimum atomic E-state index is -0.439. The molecule has 4 nitrogen and oxygen atoms in total. The first-order chi connectivity index (χ1) is 10.1. The van der Waals surface area contributed by atoms with Crippen LogP contribution in [-0.2, 0) is 0 Å². The zero-order chi connectivity index (χ0) is 14.6. The fourth-order valence-corrected chi connectivity index (χ4v) is 4.07. The van der Waals surface area contributed by atoms with Gasteiger partial charge in [-0.05, 0) is 31.9 Å². The Labute approximate surface area is 125 Å². The van der Waals surface area contributed by atoms with E-state index in [0.29, 0.717) is 12.5 Å². The highest BCUT2D eigenvalue weighted by Crippen LogP contribution is 2.48. The molecule has 114 valence electrons. The number of aliphatic hydroxyl groups excluding tert-OH is 1. The molecular formula is C17H23NO3. The summed E-state index contributed by atoms with van der Waals surface area (Å²) in [7, 11) is 1.66. The van der Waals surface area contributed by atoms with E-state index in [1.54, 1.807) is 7.11 Å². The summed E-state index contributed by atoms with van der Waals surface area (Å²) in [6, 6.07) is 6.99. The van der Waals surface area contributed by atoms with Gasteiger partial charge in [-0.1, -0.05) is 0 Å². The Bertz CT molecular complexity index is 557. The van der Waals surface area contributed by atoms with Gasteiger partial charge in [0.05, 0.1) is 13.2 Å². The van der Waals surface area contributed by atoms with Crippen LogP contribution in [-0.4, -0.2) is 41.3 Å². The smallest absolute Gasteiger partial charge is 0.129 e. The average molecular weight is 289 g/mol. The van der Waals surface area contributed by atoms with E-state index in [4.69, 9.17) is 9.47 Å². The minimum absolute atomic E-state index is 0.235. The van der Waals surface area contributed by atoms with Crippen LogP contribution in [0.25, 0.3) is 0 Å². The van der Waals surface area contributed by atoms with Crippen molar-refractivity contribution in [1.82, 2.24) is 4.90 Å². The van der Waals surface area contributed by atoms with Crippen molar-refractivity contribution in [2.24, 2.45) is 0 Å². The topological polar surface area (TPSA) is 41.9 Å². The maximum atomic E-state index is 10.5. The predicted molar refractivity (Wildman–Crippen MR) is 79.7 cm³/mol. The normalized spacial score (nSPS) is 35.6. The first-order valence-electron chi connectivity index (χ1n) is 7.91. The molecule has 1 N–H and O–H groups in total. The van der Waals surface area contributed by atoms with Gasteiger partial charge in [0.15, 0.2) is 0 Å². The summed E-state index contributed by atoms with van der Waals surface area (Å²) in [6.07, 6.45) is 3.88. The number of hydrogen-bond acceptors (Lipinski definition) is 4. The van der Waals surface area contributed by atoms with Gasteiger partial charge in [0.25, 0.3) is 0 Å². The van der Waals surface area contributed by atoms with Crippen molar-refractivity contribution in [2.75, 3.05) is 13.7 Å². The van der Waals surface area contributed by atoms with Gasteiger partial charge in [0, 0.05) is 43.1 Å². The minimum Gasteiger partial charge on any atom is -0.497 e. The molecule has 0 aromatic heterocycles. The average Bonchev–Trinajstić information content (AvgIpc) is 3.24. The number of aliphatic hydroxyl groups is 1. The lowest BCUT2D eigenvalue weighted by atomic mass is 9.87. The third-order valence-corrected chi connectivity index (χ3v) is 5.19. The predicted octanol–water partition coefficient (Wildman–Crippen LogP) is 2.51. The summed E-state index contributed by atoms with van der Waals surface area (Å²) in [6.45, 7) is 3.22. The van der Waals surface area contributed by atoms with Crippen molar-refractivity contribution in [3.8, 4) is 11.5 Å². The van der Waals surface area contributed by atoms with Gasteiger partial charge in [-0.15, -0.1) is 0 Å². The molecule has 21 heavy (non-hydrogen) atoms. The van der Waals surface area contributed by atoms with Crippen molar-refractivity contribution in [1.29, 1.82) is 0 Å². The summed E-state index contributed by atoms with van der Waals surface area (Å²) < 4.78 is 11.7. The molecule has 1 saturated carbocycles. The fraction of sp³-hybridized carbons (Fsp3) is 0.647. The Hall–Kier alpha value is -1.26. The van der Waals surface area contributed by atoms with E-state index in [1.165, 1.54) is 12.8 Å². The zero-order valence-corrected chi connectivity index (χ0v) is 12.7. The molecule has 2 heterocycles. The number of nitrogens with zero attached hydrogens (tertiary/aromatic N) is 1. The van der Waals surface area contributed by atoms with Crippen molar-refractivity contribution < 1.29 is 14.6 Å². The van der Waals surface area contributed by atoms with Crippen molar-refractivity contribution in [3.63, 3.8) is 0 Å². The molecule has 2 fully saturated rings. The monoisotopic (exact) mass is 289 g/mol. The molecule has 1 aromatic rings. The lowest BCUT2D eigenvalue weighted by molar-refractivity contribution is -0.00790. The lowest BCUT2D eigenvalue weighted by Gasteiger charge is -2.38. The maximum Gasteiger partial charge on any atom is 0.129 e. The van der Waals surface area contributed by atoms with Crippen LogP contribution in [0.1, 0.15) is 44.3 Å². The number of benzene rings is 1. The van der Waals surface area contributed by atoms with Crippen molar-refractivity contribution in [2.45, 2.75) is 56.4 Å². The van der Waals surface area contributed by atoms with Crippen LogP contribution < -0.4 is 9.47 Å². The van der Waals surface area contributed by atoms with Gasteiger partial charge in [-0.3, -0.25) is 4.90 Å².